The first-order chi connectivity index (χ1) is 12.9. The van der Waals surface area contributed by atoms with Crippen LogP contribution in [0.3, 0.4) is 0 Å². The van der Waals surface area contributed by atoms with E-state index in [2.05, 4.69) is 4.72 Å². The van der Waals surface area contributed by atoms with E-state index >= 15 is 0 Å². The van der Waals surface area contributed by atoms with Crippen molar-refractivity contribution >= 4 is 27.3 Å². The molecule has 0 atom stereocenters. The maximum absolute atomic E-state index is 12.8. The number of hydrogen-bond acceptors (Lipinski definition) is 5. The van der Waals surface area contributed by atoms with E-state index in [-0.39, 0.29) is 10.8 Å². The van der Waals surface area contributed by atoms with Crippen molar-refractivity contribution in [2.75, 3.05) is 29.9 Å². The van der Waals surface area contributed by atoms with Crippen molar-refractivity contribution in [1.82, 2.24) is 0 Å². The molecule has 1 fully saturated rings. The van der Waals surface area contributed by atoms with Gasteiger partial charge in [-0.2, -0.15) is 0 Å². The summed E-state index contributed by atoms with van der Waals surface area (Å²) in [6, 6.07) is 11.2. The van der Waals surface area contributed by atoms with Crippen LogP contribution in [0.2, 0.25) is 0 Å². The van der Waals surface area contributed by atoms with Crippen molar-refractivity contribution in [3.8, 4) is 11.5 Å². The molecule has 8 heteroatoms. The number of rotatable bonds is 7. The molecule has 1 aliphatic rings. The van der Waals surface area contributed by atoms with Crippen LogP contribution in [-0.2, 0) is 14.8 Å². The summed E-state index contributed by atoms with van der Waals surface area (Å²) in [7, 11) is -2.35. The fourth-order valence-corrected chi connectivity index (χ4v) is 4.05. The van der Waals surface area contributed by atoms with E-state index in [1.54, 1.807) is 35.2 Å². The van der Waals surface area contributed by atoms with Gasteiger partial charge in [-0.05, 0) is 43.7 Å². The molecule has 0 radical (unpaired) electrons. The number of ether oxygens (including phenoxy) is 2. The Morgan fingerprint density at radius 3 is 2.67 bits per heavy atom. The predicted molar refractivity (Wildman–Crippen MR) is 103 cm³/mol. The third-order valence-electron chi connectivity index (χ3n) is 4.22. The zero-order chi connectivity index (χ0) is 19.4. The average Bonchev–Trinajstić information content (AvgIpc) is 3.07. The number of nitrogens with zero attached hydrogens (tertiary/aromatic N) is 1. The fourth-order valence-electron chi connectivity index (χ4n) is 2.98. The molecule has 1 aliphatic heterocycles. The molecule has 1 saturated heterocycles. The molecule has 0 aliphatic carbocycles. The number of anilines is 2. The number of benzene rings is 2. The fraction of sp³-hybridized carbons (Fsp3) is 0.316. The Hall–Kier alpha value is -2.74. The van der Waals surface area contributed by atoms with Crippen LogP contribution in [0.25, 0.3) is 0 Å². The van der Waals surface area contributed by atoms with Gasteiger partial charge in [-0.3, -0.25) is 9.52 Å². The van der Waals surface area contributed by atoms with Gasteiger partial charge in [0.1, 0.15) is 11.5 Å². The van der Waals surface area contributed by atoms with E-state index in [1.807, 2.05) is 6.92 Å². The zero-order valence-electron chi connectivity index (χ0n) is 15.3. The molecular weight excluding hydrogens is 368 g/mol. The molecule has 1 amide bonds. The monoisotopic (exact) mass is 390 g/mol. The summed E-state index contributed by atoms with van der Waals surface area (Å²) in [4.78, 5) is 13.7. The number of sulfonamides is 1. The summed E-state index contributed by atoms with van der Waals surface area (Å²) in [6.07, 6.45) is 1.18. The van der Waals surface area contributed by atoms with Gasteiger partial charge in [0.05, 0.1) is 30.0 Å². The van der Waals surface area contributed by atoms with E-state index in [1.165, 1.54) is 19.2 Å². The van der Waals surface area contributed by atoms with Crippen molar-refractivity contribution in [1.29, 1.82) is 0 Å². The van der Waals surface area contributed by atoms with Gasteiger partial charge in [0, 0.05) is 19.0 Å². The minimum absolute atomic E-state index is 0.0415. The lowest BCUT2D eigenvalue weighted by molar-refractivity contribution is -0.117. The first kappa shape index (κ1) is 19.0. The van der Waals surface area contributed by atoms with Crippen molar-refractivity contribution in [2.45, 2.75) is 24.7 Å². The van der Waals surface area contributed by atoms with Gasteiger partial charge >= 0.3 is 0 Å². The van der Waals surface area contributed by atoms with Crippen LogP contribution in [0.1, 0.15) is 19.8 Å². The highest BCUT2D eigenvalue weighted by Gasteiger charge is 2.26. The summed E-state index contributed by atoms with van der Waals surface area (Å²) in [5.41, 5.74) is 0.863. The van der Waals surface area contributed by atoms with Crippen LogP contribution < -0.4 is 19.1 Å². The highest BCUT2D eigenvalue weighted by molar-refractivity contribution is 7.92. The summed E-state index contributed by atoms with van der Waals surface area (Å²) in [5.74, 6) is 0.999. The Morgan fingerprint density at radius 1 is 1.19 bits per heavy atom. The summed E-state index contributed by atoms with van der Waals surface area (Å²) in [5, 5.41) is 0. The molecule has 3 rings (SSSR count). The maximum Gasteiger partial charge on any atom is 0.261 e. The van der Waals surface area contributed by atoms with E-state index < -0.39 is 10.0 Å². The van der Waals surface area contributed by atoms with Crippen molar-refractivity contribution < 1.29 is 22.7 Å². The third kappa shape index (κ3) is 4.16. The quantitative estimate of drug-likeness (QED) is 0.786. The minimum Gasteiger partial charge on any atom is -0.495 e. The molecule has 1 N–H and O–H groups in total. The van der Waals surface area contributed by atoms with Crippen molar-refractivity contribution in [2.24, 2.45) is 0 Å². The highest BCUT2D eigenvalue weighted by atomic mass is 32.2. The lowest BCUT2D eigenvalue weighted by Crippen LogP contribution is -2.24. The Labute approximate surface area is 158 Å². The molecule has 0 bridgehead atoms. The van der Waals surface area contributed by atoms with Gasteiger partial charge in [-0.15, -0.1) is 0 Å². The lowest BCUT2D eigenvalue weighted by atomic mass is 10.2. The smallest absolute Gasteiger partial charge is 0.261 e. The van der Waals surface area contributed by atoms with Crippen LogP contribution in [0, 0.1) is 0 Å². The number of methoxy groups -OCH3 is 1. The molecule has 0 aromatic heterocycles. The van der Waals surface area contributed by atoms with Gasteiger partial charge < -0.3 is 14.4 Å². The molecule has 27 heavy (non-hydrogen) atoms. The number of amides is 1. The van der Waals surface area contributed by atoms with E-state index in [0.717, 1.165) is 6.42 Å². The predicted octanol–water partition coefficient (Wildman–Crippen LogP) is 3.02. The Bertz CT molecular complexity index is 943. The van der Waals surface area contributed by atoms with Crippen LogP contribution in [0.4, 0.5) is 11.4 Å². The number of carbonyl (C=O) groups excluding carboxylic acids is 1. The number of hydrogen-bond donors (Lipinski definition) is 1. The molecule has 7 nitrogen and oxygen atoms in total. The highest BCUT2D eigenvalue weighted by Crippen LogP contribution is 2.34. The second-order valence-corrected chi connectivity index (χ2v) is 7.73. The topological polar surface area (TPSA) is 84.9 Å². The van der Waals surface area contributed by atoms with E-state index in [0.29, 0.717) is 42.4 Å². The third-order valence-corrected chi connectivity index (χ3v) is 5.60. The van der Waals surface area contributed by atoms with Crippen molar-refractivity contribution in [3.05, 3.63) is 42.5 Å². The summed E-state index contributed by atoms with van der Waals surface area (Å²) in [6.45, 7) is 2.89. The molecule has 0 saturated carbocycles. The molecule has 2 aromatic carbocycles. The zero-order valence-corrected chi connectivity index (χ0v) is 16.1. The first-order valence-electron chi connectivity index (χ1n) is 8.68. The molecule has 0 spiro atoms. The van der Waals surface area contributed by atoms with Gasteiger partial charge in [0.2, 0.25) is 5.91 Å². The lowest BCUT2D eigenvalue weighted by Gasteiger charge is -2.20. The van der Waals surface area contributed by atoms with E-state index in [9.17, 15) is 13.2 Å². The summed E-state index contributed by atoms with van der Waals surface area (Å²) >= 11 is 0. The maximum atomic E-state index is 12.8. The number of carbonyl (C=O) groups is 1. The van der Waals surface area contributed by atoms with Crippen LogP contribution in [-0.4, -0.2) is 34.6 Å². The van der Waals surface area contributed by atoms with Gasteiger partial charge in [-0.1, -0.05) is 6.07 Å². The van der Waals surface area contributed by atoms with Gasteiger partial charge in [-0.25, -0.2) is 8.42 Å². The standard InChI is InChI=1S/C19H22N2O5S/c1-3-26-15-7-4-6-14(12-15)20-27(23,24)16-9-10-18(25-2)17(13-16)21-11-5-8-19(21)22/h4,6-7,9-10,12-13,20H,3,5,8,11H2,1-2H3. The molecule has 144 valence electrons. The van der Waals surface area contributed by atoms with Crippen LogP contribution in [0.5, 0.6) is 11.5 Å². The molecule has 0 unspecified atom stereocenters. The van der Waals surface area contributed by atoms with Gasteiger partial charge in [0.15, 0.2) is 0 Å². The SMILES string of the molecule is CCOc1cccc(NS(=O)(=O)c2ccc(OC)c(N3CCCC3=O)c2)c1. The van der Waals surface area contributed by atoms with E-state index in [4.69, 9.17) is 9.47 Å². The van der Waals surface area contributed by atoms with Crippen LogP contribution >= 0.6 is 0 Å². The summed E-state index contributed by atoms with van der Waals surface area (Å²) < 4.78 is 38.9. The Balaban J connectivity index is 1.92. The Morgan fingerprint density at radius 2 is 2.00 bits per heavy atom. The molecule has 1 heterocycles. The van der Waals surface area contributed by atoms with Crippen LogP contribution in [0.15, 0.2) is 47.4 Å². The normalized spacial score (nSPS) is 14.3. The van der Waals surface area contributed by atoms with Crippen molar-refractivity contribution in [3.63, 3.8) is 0 Å². The Kier molecular flexibility index (Phi) is 5.55. The molecule has 2 aromatic rings. The van der Waals surface area contributed by atoms with Gasteiger partial charge in [0.25, 0.3) is 10.0 Å². The molecular formula is C19H22N2O5S. The second kappa shape index (κ2) is 7.87. The number of nitrogens with one attached hydrogen (secondary N) is 1. The minimum atomic E-state index is -3.84. The first-order valence-corrected chi connectivity index (χ1v) is 10.2. The largest absolute Gasteiger partial charge is 0.495 e. The average molecular weight is 390 g/mol. The second-order valence-electron chi connectivity index (χ2n) is 6.05.